The van der Waals surface area contributed by atoms with Crippen LogP contribution in [0.25, 0.3) is 0 Å². The molecule has 1 aliphatic rings. The maximum atomic E-state index is 11.8. The summed E-state index contributed by atoms with van der Waals surface area (Å²) >= 11 is 0. The molecule has 0 aliphatic carbocycles. The summed E-state index contributed by atoms with van der Waals surface area (Å²) in [5.41, 5.74) is 2.88. The van der Waals surface area contributed by atoms with Crippen molar-refractivity contribution in [3.05, 3.63) is 108 Å². The largest absolute Gasteiger partial charge is 0.389 e. The van der Waals surface area contributed by atoms with Gasteiger partial charge in [0.15, 0.2) is 0 Å². The molecule has 1 saturated heterocycles. The molecule has 4 atom stereocenters. The molecule has 3 aromatic rings. The number of hydrogen-bond acceptors (Lipinski definition) is 2. The molecule has 2 nitrogen and oxygen atoms in total. The summed E-state index contributed by atoms with van der Waals surface area (Å²) in [7, 11) is 0. The van der Waals surface area contributed by atoms with Gasteiger partial charge in [0.2, 0.25) is 0 Å². The normalized spacial score (nSPS) is 28.0. The lowest BCUT2D eigenvalue weighted by molar-refractivity contribution is -0.0674. The van der Waals surface area contributed by atoms with Crippen LogP contribution in [0.15, 0.2) is 91.0 Å². The first-order valence-electron chi connectivity index (χ1n) is 9.78. The van der Waals surface area contributed by atoms with E-state index < -0.39 is 5.60 Å². The maximum absolute atomic E-state index is 11.8. The fourth-order valence-electron chi connectivity index (χ4n) is 4.40. The number of hydrogen-bond donors (Lipinski definition) is 2. The van der Waals surface area contributed by atoms with Gasteiger partial charge in [0, 0.05) is 24.4 Å². The van der Waals surface area contributed by atoms with Crippen LogP contribution in [0.3, 0.4) is 0 Å². The Morgan fingerprint density at radius 1 is 0.815 bits per heavy atom. The van der Waals surface area contributed by atoms with E-state index in [-0.39, 0.29) is 18.0 Å². The van der Waals surface area contributed by atoms with E-state index in [2.05, 4.69) is 72.9 Å². The maximum Gasteiger partial charge on any atom is 0.0749 e. The summed E-state index contributed by atoms with van der Waals surface area (Å²) < 4.78 is 0. The van der Waals surface area contributed by atoms with Gasteiger partial charge in [0.1, 0.15) is 0 Å². The molecule has 2 N–H and O–H groups in total. The zero-order valence-electron chi connectivity index (χ0n) is 15.8. The van der Waals surface area contributed by atoms with E-state index in [1.165, 1.54) is 16.7 Å². The van der Waals surface area contributed by atoms with E-state index >= 15 is 0 Å². The highest BCUT2D eigenvalue weighted by atomic mass is 16.3. The molecule has 3 aromatic carbocycles. The molecule has 0 spiro atoms. The molecule has 0 aromatic heterocycles. The van der Waals surface area contributed by atoms with Crippen LogP contribution in [0.2, 0.25) is 0 Å². The second-order valence-corrected chi connectivity index (χ2v) is 7.78. The second kappa shape index (κ2) is 7.67. The molecule has 1 heterocycles. The van der Waals surface area contributed by atoms with Gasteiger partial charge in [-0.05, 0) is 23.1 Å². The van der Waals surface area contributed by atoms with Crippen molar-refractivity contribution in [1.82, 2.24) is 5.32 Å². The number of rotatable bonds is 4. The van der Waals surface area contributed by atoms with Crippen LogP contribution >= 0.6 is 0 Å². The Bertz CT molecular complexity index is 849. The molecule has 138 valence electrons. The third-order valence-electron chi connectivity index (χ3n) is 6.00. The molecule has 4 rings (SSSR count). The highest BCUT2D eigenvalue weighted by Crippen LogP contribution is 2.44. The third kappa shape index (κ3) is 3.83. The summed E-state index contributed by atoms with van der Waals surface area (Å²) in [6, 6.07) is 31.6. The molecule has 0 unspecified atom stereocenters. The smallest absolute Gasteiger partial charge is 0.0749 e. The summed E-state index contributed by atoms with van der Waals surface area (Å²) in [5, 5.41) is 15.6. The van der Waals surface area contributed by atoms with Gasteiger partial charge >= 0.3 is 0 Å². The Balaban J connectivity index is 1.70. The predicted molar refractivity (Wildman–Crippen MR) is 110 cm³/mol. The monoisotopic (exact) mass is 357 g/mol. The molecule has 2 heteroatoms. The molecule has 0 saturated carbocycles. The lowest BCUT2D eigenvalue weighted by Gasteiger charge is -2.48. The second-order valence-electron chi connectivity index (χ2n) is 7.78. The van der Waals surface area contributed by atoms with Gasteiger partial charge < -0.3 is 10.4 Å². The van der Waals surface area contributed by atoms with Gasteiger partial charge in [0.05, 0.1) is 5.60 Å². The predicted octanol–water partition coefficient (Wildman–Crippen LogP) is 5.07. The van der Waals surface area contributed by atoms with E-state index in [9.17, 15) is 5.11 Å². The first-order valence-corrected chi connectivity index (χ1v) is 9.78. The fourth-order valence-corrected chi connectivity index (χ4v) is 4.40. The number of benzene rings is 3. The van der Waals surface area contributed by atoms with Crippen molar-refractivity contribution in [2.75, 3.05) is 0 Å². The zero-order chi connectivity index (χ0) is 18.7. The Labute approximate surface area is 161 Å². The molecule has 1 fully saturated rings. The number of aliphatic hydroxyl groups is 1. The Morgan fingerprint density at radius 2 is 1.33 bits per heavy atom. The minimum absolute atomic E-state index is 0.0973. The minimum atomic E-state index is -0.770. The van der Waals surface area contributed by atoms with E-state index in [1.807, 2.05) is 30.3 Å². The third-order valence-corrected chi connectivity index (χ3v) is 6.00. The van der Waals surface area contributed by atoms with E-state index in [4.69, 9.17) is 0 Å². The quantitative estimate of drug-likeness (QED) is 0.683. The van der Waals surface area contributed by atoms with Gasteiger partial charge in [-0.3, -0.25) is 0 Å². The zero-order valence-corrected chi connectivity index (χ0v) is 15.8. The molecular formula is C25H27NO. The standard InChI is InChI=1S/C25H27NO/c1-19-24(22-15-9-4-10-16-22)26-23(21-13-7-3-8-14-21)18-25(19,27)17-20-11-5-2-6-12-20/h2-16,19,23-24,26-27H,17-18H2,1H3/t19-,23+,24+,25-/m1/s1. The molecule has 0 bridgehead atoms. The summed E-state index contributed by atoms with van der Waals surface area (Å²) in [5.74, 6) is 0.0973. The SMILES string of the molecule is C[C@@H]1[C@@H](c2ccccc2)N[C@H](c2ccccc2)C[C@]1(O)Cc1ccccc1. The summed E-state index contributed by atoms with van der Waals surface area (Å²) in [4.78, 5) is 0. The van der Waals surface area contributed by atoms with Crippen molar-refractivity contribution in [2.45, 2.75) is 37.5 Å². The van der Waals surface area contributed by atoms with Crippen LogP contribution in [-0.4, -0.2) is 10.7 Å². The van der Waals surface area contributed by atoms with Crippen LogP contribution in [0, 0.1) is 5.92 Å². The van der Waals surface area contributed by atoms with Crippen molar-refractivity contribution < 1.29 is 5.11 Å². The fraction of sp³-hybridized carbons (Fsp3) is 0.280. The summed E-state index contributed by atoms with van der Waals surface area (Å²) in [6.07, 6.45) is 1.37. The van der Waals surface area contributed by atoms with E-state index in [0.29, 0.717) is 12.8 Å². The van der Waals surface area contributed by atoms with Gasteiger partial charge in [-0.25, -0.2) is 0 Å². The van der Waals surface area contributed by atoms with Crippen LogP contribution in [0.4, 0.5) is 0 Å². The average molecular weight is 357 g/mol. The van der Waals surface area contributed by atoms with Crippen molar-refractivity contribution in [3.63, 3.8) is 0 Å². The first kappa shape index (κ1) is 18.0. The first-order chi connectivity index (χ1) is 13.2. The Morgan fingerprint density at radius 3 is 1.93 bits per heavy atom. The van der Waals surface area contributed by atoms with E-state index in [1.54, 1.807) is 0 Å². The lowest BCUT2D eigenvalue weighted by Crippen LogP contribution is -2.53. The Kier molecular flexibility index (Phi) is 5.11. The van der Waals surface area contributed by atoms with Crippen molar-refractivity contribution in [2.24, 2.45) is 5.92 Å². The molecular weight excluding hydrogens is 330 g/mol. The van der Waals surface area contributed by atoms with Gasteiger partial charge in [-0.15, -0.1) is 0 Å². The highest BCUT2D eigenvalue weighted by molar-refractivity contribution is 5.28. The van der Waals surface area contributed by atoms with Crippen molar-refractivity contribution in [1.29, 1.82) is 0 Å². The van der Waals surface area contributed by atoms with Gasteiger partial charge in [-0.1, -0.05) is 97.9 Å². The van der Waals surface area contributed by atoms with Gasteiger partial charge in [-0.2, -0.15) is 0 Å². The van der Waals surface area contributed by atoms with Gasteiger partial charge in [0.25, 0.3) is 0 Å². The number of piperidine rings is 1. The van der Waals surface area contributed by atoms with Crippen LogP contribution < -0.4 is 5.32 Å². The Hall–Kier alpha value is -2.42. The van der Waals surface area contributed by atoms with Crippen LogP contribution in [-0.2, 0) is 6.42 Å². The topological polar surface area (TPSA) is 32.3 Å². The highest BCUT2D eigenvalue weighted by Gasteiger charge is 2.45. The number of nitrogens with one attached hydrogen (secondary N) is 1. The van der Waals surface area contributed by atoms with Crippen LogP contribution in [0.5, 0.6) is 0 Å². The molecule has 27 heavy (non-hydrogen) atoms. The van der Waals surface area contributed by atoms with Crippen LogP contribution in [0.1, 0.15) is 42.1 Å². The molecule has 0 amide bonds. The average Bonchev–Trinajstić information content (AvgIpc) is 2.72. The lowest BCUT2D eigenvalue weighted by atomic mass is 9.69. The summed E-state index contributed by atoms with van der Waals surface area (Å²) in [6.45, 7) is 2.18. The van der Waals surface area contributed by atoms with Crippen molar-refractivity contribution >= 4 is 0 Å². The molecule has 1 aliphatic heterocycles. The molecule has 0 radical (unpaired) electrons. The van der Waals surface area contributed by atoms with Crippen molar-refractivity contribution in [3.8, 4) is 0 Å². The van der Waals surface area contributed by atoms with E-state index in [0.717, 1.165) is 0 Å². The minimum Gasteiger partial charge on any atom is -0.389 e.